The number of hydrogen-bond acceptors (Lipinski definition) is 1. The highest BCUT2D eigenvalue weighted by molar-refractivity contribution is 6.83. The highest BCUT2D eigenvalue weighted by Crippen LogP contribution is 2.16. The third kappa shape index (κ3) is 6.63. The molecule has 0 saturated carbocycles. The van der Waals surface area contributed by atoms with E-state index in [1.165, 1.54) is 5.56 Å². The Morgan fingerprint density at radius 3 is 2.39 bits per heavy atom. The van der Waals surface area contributed by atoms with Crippen LogP contribution < -0.4 is 5.73 Å². The number of unbranched alkanes of at least 4 members (excludes halogenated alkanes) is 2. The van der Waals surface area contributed by atoms with Gasteiger partial charge < -0.3 is 5.73 Å². The van der Waals surface area contributed by atoms with Crippen LogP contribution >= 0.6 is 0 Å². The zero-order chi connectivity index (χ0) is 13.4. The van der Waals surface area contributed by atoms with Crippen LogP contribution in [-0.2, 0) is 0 Å². The molecule has 0 aliphatic heterocycles. The van der Waals surface area contributed by atoms with Crippen LogP contribution in [-0.4, -0.2) is 8.07 Å². The van der Waals surface area contributed by atoms with E-state index in [0.29, 0.717) is 0 Å². The molecule has 18 heavy (non-hydrogen) atoms. The summed E-state index contributed by atoms with van der Waals surface area (Å²) in [6.45, 7) is 6.85. The largest absolute Gasteiger partial charge is 0.324 e. The Bertz CT molecular complexity index is 395. The van der Waals surface area contributed by atoms with Gasteiger partial charge in [-0.15, -0.1) is 11.5 Å². The van der Waals surface area contributed by atoms with Gasteiger partial charge in [0.15, 0.2) is 0 Å². The molecule has 0 bridgehead atoms. The van der Waals surface area contributed by atoms with E-state index in [-0.39, 0.29) is 6.04 Å². The first-order chi connectivity index (χ1) is 8.49. The molecule has 1 rings (SSSR count). The summed E-state index contributed by atoms with van der Waals surface area (Å²) in [7, 11) is -1.18. The van der Waals surface area contributed by atoms with Crippen molar-refractivity contribution in [1.82, 2.24) is 0 Å². The highest BCUT2D eigenvalue weighted by Gasteiger charge is 2.07. The number of nitrogens with two attached hydrogens (primary N) is 1. The molecule has 0 spiro atoms. The van der Waals surface area contributed by atoms with Gasteiger partial charge in [-0.3, -0.25) is 0 Å². The molecule has 0 saturated heterocycles. The smallest absolute Gasteiger partial charge is 0.129 e. The van der Waals surface area contributed by atoms with Gasteiger partial charge in [0.2, 0.25) is 0 Å². The van der Waals surface area contributed by atoms with Gasteiger partial charge in [0, 0.05) is 12.5 Å². The van der Waals surface area contributed by atoms with E-state index >= 15 is 0 Å². The lowest BCUT2D eigenvalue weighted by Gasteiger charge is -2.10. The minimum atomic E-state index is -1.18. The molecular formula is C16H25NSi. The summed E-state index contributed by atoms with van der Waals surface area (Å²) >= 11 is 0. The normalized spacial score (nSPS) is 12.7. The lowest BCUT2D eigenvalue weighted by atomic mass is 10.0. The predicted molar refractivity (Wildman–Crippen MR) is 83.0 cm³/mol. The first-order valence-electron chi connectivity index (χ1n) is 6.79. The van der Waals surface area contributed by atoms with E-state index < -0.39 is 8.07 Å². The van der Waals surface area contributed by atoms with Crippen molar-refractivity contribution in [3.63, 3.8) is 0 Å². The summed E-state index contributed by atoms with van der Waals surface area (Å²) in [5.41, 5.74) is 10.8. The SMILES string of the molecule is C[Si](C)(C)C#CCCCCC(N)c1ccccc1. The lowest BCUT2D eigenvalue weighted by Crippen LogP contribution is -2.16. The van der Waals surface area contributed by atoms with Gasteiger partial charge in [-0.1, -0.05) is 56.4 Å². The van der Waals surface area contributed by atoms with Crippen LogP contribution in [0.5, 0.6) is 0 Å². The topological polar surface area (TPSA) is 26.0 Å². The van der Waals surface area contributed by atoms with Crippen molar-refractivity contribution in [2.45, 2.75) is 51.4 Å². The van der Waals surface area contributed by atoms with E-state index in [1.807, 2.05) is 6.07 Å². The van der Waals surface area contributed by atoms with E-state index in [9.17, 15) is 0 Å². The molecule has 2 heteroatoms. The van der Waals surface area contributed by atoms with Crippen LogP contribution in [0.25, 0.3) is 0 Å². The highest BCUT2D eigenvalue weighted by atomic mass is 28.3. The molecule has 0 aromatic heterocycles. The van der Waals surface area contributed by atoms with Crippen LogP contribution in [0.2, 0.25) is 19.6 Å². The van der Waals surface area contributed by atoms with Crippen molar-refractivity contribution >= 4 is 8.07 Å². The molecule has 1 aromatic rings. The Morgan fingerprint density at radius 1 is 1.11 bits per heavy atom. The Morgan fingerprint density at radius 2 is 1.78 bits per heavy atom. The number of rotatable bonds is 5. The molecule has 1 nitrogen and oxygen atoms in total. The second-order valence-corrected chi connectivity index (χ2v) is 10.6. The first kappa shape index (κ1) is 15.0. The average molecular weight is 259 g/mol. The summed E-state index contributed by atoms with van der Waals surface area (Å²) in [5.74, 6) is 3.31. The van der Waals surface area contributed by atoms with Gasteiger partial charge in [-0.2, -0.15) is 0 Å². The van der Waals surface area contributed by atoms with E-state index in [0.717, 1.165) is 25.7 Å². The van der Waals surface area contributed by atoms with Gasteiger partial charge in [0.1, 0.15) is 8.07 Å². The Hall–Kier alpha value is -1.04. The number of benzene rings is 1. The standard InChI is InChI=1S/C16H25NSi/c1-18(2,3)14-10-5-4-9-13-16(17)15-11-7-6-8-12-15/h6-8,11-12,16H,4-5,9,13,17H2,1-3H3. The molecule has 1 aromatic carbocycles. The fourth-order valence-corrected chi connectivity index (χ4v) is 2.43. The third-order valence-electron chi connectivity index (χ3n) is 2.76. The van der Waals surface area contributed by atoms with Crippen LogP contribution in [0.3, 0.4) is 0 Å². The van der Waals surface area contributed by atoms with Gasteiger partial charge >= 0.3 is 0 Å². The van der Waals surface area contributed by atoms with Gasteiger partial charge in [0.05, 0.1) is 0 Å². The molecule has 0 aliphatic rings. The predicted octanol–water partition coefficient (Wildman–Crippen LogP) is 4.13. The monoisotopic (exact) mass is 259 g/mol. The molecule has 1 atom stereocenters. The molecular weight excluding hydrogens is 234 g/mol. The maximum absolute atomic E-state index is 6.15. The maximum atomic E-state index is 6.15. The Kier molecular flexibility index (Phi) is 6.18. The van der Waals surface area contributed by atoms with Crippen LogP contribution in [0, 0.1) is 11.5 Å². The lowest BCUT2D eigenvalue weighted by molar-refractivity contribution is 0.592. The van der Waals surface area contributed by atoms with Crippen LogP contribution in [0.4, 0.5) is 0 Å². The zero-order valence-corrected chi connectivity index (χ0v) is 12.9. The van der Waals surface area contributed by atoms with Crippen molar-refractivity contribution in [3.05, 3.63) is 35.9 Å². The minimum absolute atomic E-state index is 0.177. The van der Waals surface area contributed by atoms with Crippen molar-refractivity contribution < 1.29 is 0 Å². The van der Waals surface area contributed by atoms with Gasteiger partial charge in [0.25, 0.3) is 0 Å². The summed E-state index contributed by atoms with van der Waals surface area (Å²) in [5, 5.41) is 0. The fraction of sp³-hybridized carbons (Fsp3) is 0.500. The van der Waals surface area contributed by atoms with Gasteiger partial charge in [-0.25, -0.2) is 0 Å². The van der Waals surface area contributed by atoms with Crippen LogP contribution in [0.1, 0.15) is 37.3 Å². The molecule has 0 aliphatic carbocycles. The Balaban J connectivity index is 2.20. The number of hydrogen-bond donors (Lipinski definition) is 1. The summed E-state index contributed by atoms with van der Waals surface area (Å²) in [6, 6.07) is 10.5. The molecule has 98 valence electrons. The van der Waals surface area contributed by atoms with Crippen molar-refractivity contribution in [2.75, 3.05) is 0 Å². The second-order valence-electron chi connectivity index (χ2n) is 5.81. The van der Waals surface area contributed by atoms with E-state index in [4.69, 9.17) is 5.73 Å². The third-order valence-corrected chi connectivity index (χ3v) is 3.68. The van der Waals surface area contributed by atoms with Gasteiger partial charge in [-0.05, 0) is 18.4 Å². The average Bonchev–Trinajstić information content (AvgIpc) is 2.33. The molecule has 1 unspecified atom stereocenters. The maximum Gasteiger partial charge on any atom is 0.129 e. The van der Waals surface area contributed by atoms with E-state index in [1.54, 1.807) is 0 Å². The molecule has 0 amide bonds. The van der Waals surface area contributed by atoms with Crippen molar-refractivity contribution in [2.24, 2.45) is 5.73 Å². The Labute approximate surface area is 113 Å². The molecule has 0 radical (unpaired) electrons. The first-order valence-corrected chi connectivity index (χ1v) is 10.3. The van der Waals surface area contributed by atoms with Crippen molar-refractivity contribution in [1.29, 1.82) is 0 Å². The zero-order valence-electron chi connectivity index (χ0n) is 11.9. The second kappa shape index (κ2) is 7.40. The molecule has 2 N–H and O–H groups in total. The molecule has 0 fully saturated rings. The molecule has 0 heterocycles. The minimum Gasteiger partial charge on any atom is -0.324 e. The summed E-state index contributed by atoms with van der Waals surface area (Å²) < 4.78 is 0. The van der Waals surface area contributed by atoms with Crippen LogP contribution in [0.15, 0.2) is 30.3 Å². The van der Waals surface area contributed by atoms with Crippen molar-refractivity contribution in [3.8, 4) is 11.5 Å². The summed E-state index contributed by atoms with van der Waals surface area (Å²) in [6.07, 6.45) is 4.40. The fourth-order valence-electron chi connectivity index (χ4n) is 1.77. The quantitative estimate of drug-likeness (QED) is 0.480. The summed E-state index contributed by atoms with van der Waals surface area (Å²) in [4.78, 5) is 0. The van der Waals surface area contributed by atoms with E-state index in [2.05, 4.69) is 55.4 Å².